The van der Waals surface area contributed by atoms with E-state index in [0.717, 1.165) is 48.2 Å². The zero-order valence-corrected chi connectivity index (χ0v) is 23.9. The van der Waals surface area contributed by atoms with Crippen LogP contribution in [-0.4, -0.2) is 49.5 Å². The zero-order chi connectivity index (χ0) is 28.6. The van der Waals surface area contributed by atoms with Crippen LogP contribution in [0.15, 0.2) is 48.2 Å². The Morgan fingerprint density at radius 2 is 1.98 bits per heavy atom. The molecule has 0 spiro atoms. The first kappa shape index (κ1) is 29.3. The number of ketones is 1. The van der Waals surface area contributed by atoms with Gasteiger partial charge in [-0.3, -0.25) is 9.59 Å². The summed E-state index contributed by atoms with van der Waals surface area (Å²) in [4.78, 5) is 27.9. The van der Waals surface area contributed by atoms with E-state index in [2.05, 4.69) is 22.1 Å². The molecule has 1 aliphatic carbocycles. The Hall–Kier alpha value is -3.67. The van der Waals surface area contributed by atoms with Crippen LogP contribution >= 0.6 is 0 Å². The second kappa shape index (κ2) is 13.6. The number of amides is 1. The number of rotatable bonds is 10. The topological polar surface area (TPSA) is 67.9 Å². The Morgan fingerprint density at radius 3 is 2.73 bits per heavy atom. The quantitative estimate of drug-likeness (QED) is 0.348. The van der Waals surface area contributed by atoms with Gasteiger partial charge < -0.3 is 19.7 Å². The second-order valence-corrected chi connectivity index (χ2v) is 10.7. The van der Waals surface area contributed by atoms with E-state index in [4.69, 9.17) is 9.47 Å². The first-order valence-electron chi connectivity index (χ1n) is 14.1. The van der Waals surface area contributed by atoms with Crippen molar-refractivity contribution in [3.05, 3.63) is 81.1 Å². The fraction of sp³-hybridized carbons (Fsp3) is 0.424. The fourth-order valence-corrected chi connectivity index (χ4v) is 5.30. The molecule has 2 aromatic carbocycles. The summed E-state index contributed by atoms with van der Waals surface area (Å²) in [5.41, 5.74) is 5.74. The highest BCUT2D eigenvalue weighted by Crippen LogP contribution is 2.27. The zero-order valence-electron chi connectivity index (χ0n) is 23.9. The number of carbonyl (C=O) groups excluding carboxylic acids is 2. The summed E-state index contributed by atoms with van der Waals surface area (Å²) in [5, 5.41) is 4.88. The lowest BCUT2D eigenvalue weighted by Gasteiger charge is -2.25. The molecule has 0 saturated carbocycles. The van der Waals surface area contributed by atoms with Crippen LogP contribution < -0.4 is 20.5 Å². The van der Waals surface area contributed by atoms with Crippen LogP contribution in [0.1, 0.15) is 72.2 Å². The average Bonchev–Trinajstić information content (AvgIpc) is 2.90. The van der Waals surface area contributed by atoms with Gasteiger partial charge in [0.15, 0.2) is 5.78 Å². The van der Waals surface area contributed by atoms with Crippen LogP contribution in [-0.2, 0) is 4.74 Å². The number of Topliss-reactive ketones (excluding diaryl/α,β-unsaturated/α-hetero) is 1. The molecule has 6 nitrogen and oxygen atoms in total. The van der Waals surface area contributed by atoms with Gasteiger partial charge in [0, 0.05) is 54.7 Å². The van der Waals surface area contributed by atoms with E-state index in [-0.39, 0.29) is 23.4 Å². The summed E-state index contributed by atoms with van der Waals surface area (Å²) in [6.07, 6.45) is 10.2. The van der Waals surface area contributed by atoms with Crippen LogP contribution in [0, 0.1) is 18.7 Å². The summed E-state index contributed by atoms with van der Waals surface area (Å²) in [5.74, 6) is -0.0156. The van der Waals surface area contributed by atoms with Crippen molar-refractivity contribution in [3.8, 4) is 5.75 Å². The summed E-state index contributed by atoms with van der Waals surface area (Å²) in [6.45, 7) is 7.49. The SMILES string of the molecule is COCCNC(=O)c1ccc2c(c1C)=CN(CC1CC/C=C(\C(=O)c3ccc(OC(C)C)cc3F)CCC1)C=C=2. The van der Waals surface area contributed by atoms with E-state index in [0.29, 0.717) is 42.4 Å². The number of ether oxygens (including phenoxy) is 2. The van der Waals surface area contributed by atoms with Gasteiger partial charge in [-0.05, 0) is 94.2 Å². The third-order valence-corrected chi connectivity index (χ3v) is 7.37. The number of carbonyl (C=O) groups is 2. The van der Waals surface area contributed by atoms with Crippen LogP contribution in [0.5, 0.6) is 5.75 Å². The molecule has 1 unspecified atom stereocenters. The lowest BCUT2D eigenvalue weighted by molar-refractivity contribution is 0.0935. The van der Waals surface area contributed by atoms with E-state index >= 15 is 0 Å². The van der Waals surface area contributed by atoms with Crippen molar-refractivity contribution in [1.29, 1.82) is 0 Å². The molecule has 1 aliphatic heterocycles. The Balaban J connectivity index is 1.40. The number of allylic oxidation sites excluding steroid dienone is 2. The lowest BCUT2D eigenvalue weighted by Crippen LogP contribution is -2.37. The number of fused-ring (bicyclic) bond motifs is 1. The van der Waals surface area contributed by atoms with Gasteiger partial charge in [-0.15, -0.1) is 0 Å². The number of nitrogens with zero attached hydrogens (tertiary/aromatic N) is 1. The number of methoxy groups -OCH3 is 1. The first-order valence-corrected chi connectivity index (χ1v) is 14.1. The molecule has 0 bridgehead atoms. The van der Waals surface area contributed by atoms with Gasteiger partial charge in [-0.2, -0.15) is 0 Å². The Morgan fingerprint density at radius 1 is 1.18 bits per heavy atom. The third kappa shape index (κ3) is 7.29. The van der Waals surface area contributed by atoms with Gasteiger partial charge in [0.25, 0.3) is 5.91 Å². The second-order valence-electron chi connectivity index (χ2n) is 10.7. The van der Waals surface area contributed by atoms with E-state index in [1.165, 1.54) is 12.1 Å². The predicted molar refractivity (Wildman–Crippen MR) is 155 cm³/mol. The van der Waals surface area contributed by atoms with Gasteiger partial charge in [-0.1, -0.05) is 11.8 Å². The number of nitrogens with one attached hydrogen (secondary N) is 1. The summed E-state index contributed by atoms with van der Waals surface area (Å²) in [7, 11) is 1.61. The number of benzene rings is 2. The molecule has 0 radical (unpaired) electrons. The molecule has 1 amide bonds. The Labute approximate surface area is 235 Å². The predicted octanol–water partition coefficient (Wildman–Crippen LogP) is 4.63. The van der Waals surface area contributed by atoms with Crippen LogP contribution in [0.2, 0.25) is 0 Å². The molecule has 0 aromatic heterocycles. The van der Waals surface area contributed by atoms with Gasteiger partial charge >= 0.3 is 0 Å². The van der Waals surface area contributed by atoms with E-state index in [1.807, 2.05) is 45.2 Å². The monoisotopic (exact) mass is 546 g/mol. The molecule has 40 heavy (non-hydrogen) atoms. The van der Waals surface area contributed by atoms with Crippen molar-refractivity contribution < 1.29 is 23.5 Å². The standard InChI is InChI=1S/C33H39FN2O4/c1-22(2)40-27-12-14-29(31(34)19-27)32(37)26-9-5-7-24(8-6-10-26)20-36-17-15-25-11-13-28(23(3)30(25)21-36)33(38)35-16-18-39-4/h9,11-14,17,19,21-22,24H,5-8,10,16,18,20H2,1-4H3,(H,35,38)/b26-9-. The maximum atomic E-state index is 14.7. The molecule has 7 heteroatoms. The normalized spacial score (nSPS) is 18.0. The van der Waals surface area contributed by atoms with Crippen molar-refractivity contribution in [3.63, 3.8) is 0 Å². The molecule has 1 atom stereocenters. The van der Waals surface area contributed by atoms with Gasteiger partial charge in [0.2, 0.25) is 0 Å². The van der Waals surface area contributed by atoms with Crippen LogP contribution in [0.25, 0.3) is 11.9 Å². The maximum Gasteiger partial charge on any atom is 0.251 e. The van der Waals surface area contributed by atoms with E-state index < -0.39 is 5.82 Å². The molecule has 2 aromatic rings. The molecule has 2 aliphatic rings. The maximum absolute atomic E-state index is 14.7. The van der Waals surface area contributed by atoms with Crippen molar-refractivity contribution >= 4 is 23.6 Å². The van der Waals surface area contributed by atoms with Crippen molar-refractivity contribution in [2.45, 2.75) is 59.0 Å². The van der Waals surface area contributed by atoms with E-state index in [9.17, 15) is 14.0 Å². The molecule has 1 N–H and O–H groups in total. The molecule has 0 saturated heterocycles. The minimum absolute atomic E-state index is 0.0629. The smallest absolute Gasteiger partial charge is 0.251 e. The minimum Gasteiger partial charge on any atom is -0.491 e. The minimum atomic E-state index is -0.543. The van der Waals surface area contributed by atoms with Crippen molar-refractivity contribution in [1.82, 2.24) is 10.2 Å². The fourth-order valence-electron chi connectivity index (χ4n) is 5.30. The van der Waals surface area contributed by atoms with E-state index in [1.54, 1.807) is 13.2 Å². The summed E-state index contributed by atoms with van der Waals surface area (Å²) >= 11 is 0. The molecular formula is C33H39FN2O4. The molecular weight excluding hydrogens is 507 g/mol. The first-order chi connectivity index (χ1) is 19.3. The Kier molecular flexibility index (Phi) is 9.97. The third-order valence-electron chi connectivity index (χ3n) is 7.37. The number of hydrogen-bond donors (Lipinski definition) is 1. The van der Waals surface area contributed by atoms with Crippen LogP contribution in [0.3, 0.4) is 0 Å². The summed E-state index contributed by atoms with van der Waals surface area (Å²) in [6, 6.07) is 8.27. The van der Waals surface area contributed by atoms with Gasteiger partial charge in [0.05, 0.1) is 18.3 Å². The molecule has 4 rings (SSSR count). The van der Waals surface area contributed by atoms with Gasteiger partial charge in [0.1, 0.15) is 11.6 Å². The number of hydrogen-bond acceptors (Lipinski definition) is 5. The molecule has 212 valence electrons. The molecule has 1 heterocycles. The Bertz CT molecular complexity index is 1440. The largest absolute Gasteiger partial charge is 0.491 e. The number of halogens is 1. The average molecular weight is 547 g/mol. The lowest BCUT2D eigenvalue weighted by atomic mass is 9.88. The van der Waals surface area contributed by atoms with Gasteiger partial charge in [-0.25, -0.2) is 4.39 Å². The highest BCUT2D eigenvalue weighted by molar-refractivity contribution is 6.08. The molecule has 0 fully saturated rings. The highest BCUT2D eigenvalue weighted by atomic mass is 19.1. The van der Waals surface area contributed by atoms with Crippen molar-refractivity contribution in [2.75, 3.05) is 26.8 Å². The van der Waals surface area contributed by atoms with Crippen LogP contribution in [0.4, 0.5) is 4.39 Å². The summed E-state index contributed by atoms with van der Waals surface area (Å²) < 4.78 is 25.3. The van der Waals surface area contributed by atoms with Crippen molar-refractivity contribution in [2.24, 2.45) is 5.92 Å². The highest BCUT2D eigenvalue weighted by Gasteiger charge is 2.21.